The number of nitrogens with zero attached hydrogens (tertiary/aromatic N) is 4. The van der Waals surface area contributed by atoms with Crippen LogP contribution in [0, 0.1) is 0 Å². The maximum absolute atomic E-state index is 13.2. The first-order chi connectivity index (χ1) is 16.2. The third kappa shape index (κ3) is 5.10. The van der Waals surface area contributed by atoms with Crippen LogP contribution in [0.4, 0.5) is 5.69 Å². The van der Waals surface area contributed by atoms with E-state index in [1.807, 2.05) is 29.2 Å². The van der Waals surface area contributed by atoms with Crippen LogP contribution in [0.2, 0.25) is 0 Å². The van der Waals surface area contributed by atoms with E-state index in [1.165, 1.54) is 11.9 Å². The Labute approximate surface area is 193 Å². The number of carbonyl (C=O) groups excluding carboxylic acids is 1. The Balaban J connectivity index is 1.36. The fourth-order valence-corrected chi connectivity index (χ4v) is 4.36. The van der Waals surface area contributed by atoms with Gasteiger partial charge in [-0.15, -0.1) is 10.2 Å². The molecule has 0 spiro atoms. The Morgan fingerprint density at radius 3 is 2.70 bits per heavy atom. The molecule has 1 aliphatic heterocycles. The maximum Gasteiger partial charge on any atom is 0.230 e. The van der Waals surface area contributed by atoms with Gasteiger partial charge in [0.15, 0.2) is 11.5 Å². The third-order valence-corrected chi connectivity index (χ3v) is 6.23. The van der Waals surface area contributed by atoms with Crippen molar-refractivity contribution in [3.05, 3.63) is 66.2 Å². The van der Waals surface area contributed by atoms with Crippen LogP contribution in [0.25, 0.3) is 0 Å². The van der Waals surface area contributed by atoms with E-state index in [9.17, 15) is 4.79 Å². The lowest BCUT2D eigenvalue weighted by molar-refractivity contribution is -0.133. The van der Waals surface area contributed by atoms with Gasteiger partial charge in [-0.2, -0.15) is 0 Å². The van der Waals surface area contributed by atoms with Gasteiger partial charge in [0.2, 0.25) is 5.91 Å². The minimum atomic E-state index is 0.0477. The molecule has 0 radical (unpaired) electrons. The summed E-state index contributed by atoms with van der Waals surface area (Å²) in [4.78, 5) is 20.4. The standard InChI is InChI=1S/C25H29N5O3/c1-32-22-10-7-19(14-23(22)33-21-8-9-21)29-11-12-30(25(31)15-24-26-17-27-28-24)20(16-29)13-18-5-3-2-4-6-18/h2-7,10,14,17,20-21H,8-9,11-13,15-16H2,1H3,(H,26,27,28)/t20-/m0/s1. The summed E-state index contributed by atoms with van der Waals surface area (Å²) in [6.45, 7) is 2.14. The van der Waals surface area contributed by atoms with Gasteiger partial charge in [0.25, 0.3) is 0 Å². The van der Waals surface area contributed by atoms with Crippen molar-refractivity contribution in [1.29, 1.82) is 0 Å². The van der Waals surface area contributed by atoms with Gasteiger partial charge >= 0.3 is 0 Å². The van der Waals surface area contributed by atoms with Gasteiger partial charge < -0.3 is 24.3 Å². The van der Waals surface area contributed by atoms with Crippen LogP contribution in [0.3, 0.4) is 0 Å². The summed E-state index contributed by atoms with van der Waals surface area (Å²) in [5.41, 5.74) is 2.31. The highest BCUT2D eigenvalue weighted by Gasteiger charge is 2.32. The SMILES string of the molecule is COc1ccc(N2CCN(C(=O)Cc3nnc[nH]3)[C@@H](Cc3ccccc3)C2)cc1OC1CC1. The monoisotopic (exact) mass is 447 g/mol. The summed E-state index contributed by atoms with van der Waals surface area (Å²) in [7, 11) is 1.67. The van der Waals surface area contributed by atoms with Crippen molar-refractivity contribution >= 4 is 11.6 Å². The quantitative estimate of drug-likeness (QED) is 0.572. The van der Waals surface area contributed by atoms with Crippen molar-refractivity contribution in [2.45, 2.75) is 37.8 Å². The topological polar surface area (TPSA) is 83.6 Å². The Morgan fingerprint density at radius 1 is 1.12 bits per heavy atom. The lowest BCUT2D eigenvalue weighted by atomic mass is 10.0. The van der Waals surface area contributed by atoms with Crippen LogP contribution in [-0.2, 0) is 17.6 Å². The van der Waals surface area contributed by atoms with Crippen molar-refractivity contribution in [1.82, 2.24) is 20.1 Å². The molecule has 1 amide bonds. The Hall–Kier alpha value is -3.55. The first-order valence-electron chi connectivity index (χ1n) is 11.5. The molecule has 2 heterocycles. The molecule has 5 rings (SSSR count). The number of methoxy groups -OCH3 is 1. The van der Waals surface area contributed by atoms with Gasteiger partial charge in [0, 0.05) is 31.4 Å². The molecule has 1 atom stereocenters. The highest BCUT2D eigenvalue weighted by atomic mass is 16.5. The smallest absolute Gasteiger partial charge is 0.230 e. The largest absolute Gasteiger partial charge is 0.493 e. The minimum absolute atomic E-state index is 0.0477. The Kier molecular flexibility index (Phi) is 6.15. The molecule has 2 fully saturated rings. The highest BCUT2D eigenvalue weighted by Crippen LogP contribution is 2.37. The van der Waals surface area contributed by atoms with Gasteiger partial charge in [-0.25, -0.2) is 0 Å². The summed E-state index contributed by atoms with van der Waals surface area (Å²) in [5, 5.41) is 7.79. The van der Waals surface area contributed by atoms with Gasteiger partial charge in [-0.05, 0) is 37.0 Å². The van der Waals surface area contributed by atoms with Crippen LogP contribution in [0.5, 0.6) is 11.5 Å². The van der Waals surface area contributed by atoms with Crippen molar-refractivity contribution in [3.8, 4) is 11.5 Å². The molecule has 33 heavy (non-hydrogen) atoms. The molecule has 1 aliphatic carbocycles. The fourth-order valence-electron chi connectivity index (χ4n) is 4.36. The Morgan fingerprint density at radius 2 is 1.97 bits per heavy atom. The normalized spacial score (nSPS) is 18.3. The fraction of sp³-hybridized carbons (Fsp3) is 0.400. The number of H-pyrrole nitrogens is 1. The lowest BCUT2D eigenvalue weighted by Gasteiger charge is -2.42. The van der Waals surface area contributed by atoms with Gasteiger partial charge in [0.05, 0.1) is 25.7 Å². The number of aromatic amines is 1. The van der Waals surface area contributed by atoms with E-state index in [2.05, 4.69) is 44.3 Å². The number of hydrogen-bond acceptors (Lipinski definition) is 6. The third-order valence-electron chi connectivity index (χ3n) is 6.23. The summed E-state index contributed by atoms with van der Waals surface area (Å²) < 4.78 is 11.6. The second-order valence-corrected chi connectivity index (χ2v) is 8.64. The van der Waals surface area contributed by atoms with Crippen molar-refractivity contribution in [2.24, 2.45) is 0 Å². The number of nitrogens with one attached hydrogen (secondary N) is 1. The van der Waals surface area contributed by atoms with Gasteiger partial charge in [-0.3, -0.25) is 4.79 Å². The second kappa shape index (κ2) is 9.52. The van der Waals surface area contributed by atoms with Crippen LogP contribution in [0.15, 0.2) is 54.9 Å². The molecule has 0 unspecified atom stereocenters. The number of piperazine rings is 1. The molecule has 2 aliphatic rings. The number of anilines is 1. The van der Waals surface area contributed by atoms with Crippen LogP contribution in [-0.4, -0.2) is 64.9 Å². The van der Waals surface area contributed by atoms with E-state index in [-0.39, 0.29) is 18.4 Å². The predicted molar refractivity (Wildman–Crippen MR) is 125 cm³/mol. The molecule has 0 bridgehead atoms. The number of aromatic nitrogens is 3. The summed E-state index contributed by atoms with van der Waals surface area (Å²) in [5.74, 6) is 2.21. The zero-order valence-electron chi connectivity index (χ0n) is 18.8. The number of carbonyl (C=O) groups is 1. The molecular weight excluding hydrogens is 418 g/mol. The molecular formula is C25H29N5O3. The van der Waals surface area contributed by atoms with E-state index in [4.69, 9.17) is 9.47 Å². The van der Waals surface area contributed by atoms with E-state index >= 15 is 0 Å². The van der Waals surface area contributed by atoms with Crippen LogP contribution in [0.1, 0.15) is 24.2 Å². The highest BCUT2D eigenvalue weighted by molar-refractivity contribution is 5.78. The maximum atomic E-state index is 13.2. The van der Waals surface area contributed by atoms with Crippen LogP contribution >= 0.6 is 0 Å². The molecule has 8 nitrogen and oxygen atoms in total. The summed E-state index contributed by atoms with van der Waals surface area (Å²) >= 11 is 0. The summed E-state index contributed by atoms with van der Waals surface area (Å²) in [6.07, 6.45) is 5.02. The lowest BCUT2D eigenvalue weighted by Crippen LogP contribution is -2.56. The van der Waals surface area contributed by atoms with Crippen LogP contribution < -0.4 is 14.4 Å². The number of rotatable bonds is 8. The number of benzene rings is 2. The van der Waals surface area contributed by atoms with E-state index in [1.54, 1.807) is 7.11 Å². The predicted octanol–water partition coefficient (Wildman–Crippen LogP) is 2.86. The zero-order chi connectivity index (χ0) is 22.6. The van der Waals surface area contributed by atoms with E-state index in [0.717, 1.165) is 49.5 Å². The second-order valence-electron chi connectivity index (χ2n) is 8.64. The number of amides is 1. The molecule has 3 aromatic rings. The van der Waals surface area contributed by atoms with Gasteiger partial charge in [0.1, 0.15) is 12.2 Å². The zero-order valence-corrected chi connectivity index (χ0v) is 18.8. The van der Waals surface area contributed by atoms with Crippen molar-refractivity contribution in [3.63, 3.8) is 0 Å². The average Bonchev–Trinajstić information content (AvgIpc) is 3.51. The first-order valence-corrected chi connectivity index (χ1v) is 11.5. The average molecular weight is 448 g/mol. The molecule has 2 aromatic carbocycles. The number of ether oxygens (including phenoxy) is 2. The van der Waals surface area contributed by atoms with Gasteiger partial charge in [-0.1, -0.05) is 30.3 Å². The Bertz CT molecular complexity index is 1070. The summed E-state index contributed by atoms with van der Waals surface area (Å²) in [6, 6.07) is 16.5. The molecule has 1 aromatic heterocycles. The number of hydrogen-bond donors (Lipinski definition) is 1. The van der Waals surface area contributed by atoms with E-state index < -0.39 is 0 Å². The molecule has 1 saturated carbocycles. The molecule has 8 heteroatoms. The van der Waals surface area contributed by atoms with Crippen molar-refractivity contribution in [2.75, 3.05) is 31.6 Å². The van der Waals surface area contributed by atoms with Crippen molar-refractivity contribution < 1.29 is 14.3 Å². The molecule has 1 N–H and O–H groups in total. The minimum Gasteiger partial charge on any atom is -0.493 e. The van der Waals surface area contributed by atoms with E-state index in [0.29, 0.717) is 18.5 Å². The molecule has 172 valence electrons. The first kappa shape index (κ1) is 21.3. The molecule has 1 saturated heterocycles.